The molecule has 0 saturated carbocycles. The van der Waals surface area contributed by atoms with Crippen molar-refractivity contribution in [2.24, 2.45) is 5.73 Å². The highest BCUT2D eigenvalue weighted by molar-refractivity contribution is 5.86. The van der Waals surface area contributed by atoms with Crippen LogP contribution in [-0.2, 0) is 0 Å². The van der Waals surface area contributed by atoms with Gasteiger partial charge in [-0.3, -0.25) is 0 Å². The maximum Gasteiger partial charge on any atom is 0.0313 e. The summed E-state index contributed by atoms with van der Waals surface area (Å²) in [6, 6.07) is 15.0. The number of nitrogens with one attached hydrogen (secondary N) is 2. The molecule has 1 unspecified atom stereocenters. The Bertz CT molecular complexity index is 591. The minimum atomic E-state index is 0.0929. The van der Waals surface area contributed by atoms with Gasteiger partial charge in [-0.1, -0.05) is 68.7 Å². The largest absolute Gasteiger partial charge is 0.324 e. The molecule has 0 amide bonds. The fraction of sp³-hybridized carbons (Fsp3) is 0.545. The monoisotopic (exact) mass is 341 g/mol. The van der Waals surface area contributed by atoms with Crippen LogP contribution in [0.1, 0.15) is 57.1 Å². The first kappa shape index (κ1) is 19.9. The SMILES string of the molecule is CCCCCCNCCCNCCC(N)c1cccc2ccccc12. The molecule has 0 aromatic heterocycles. The molecule has 4 N–H and O–H groups in total. The normalized spacial score (nSPS) is 12.6. The first-order valence-electron chi connectivity index (χ1n) is 9.97. The topological polar surface area (TPSA) is 50.1 Å². The fourth-order valence-corrected chi connectivity index (χ4v) is 3.25. The second kappa shape index (κ2) is 12.0. The van der Waals surface area contributed by atoms with E-state index in [9.17, 15) is 0 Å². The highest BCUT2D eigenvalue weighted by Crippen LogP contribution is 2.24. The van der Waals surface area contributed by atoms with Gasteiger partial charge in [-0.15, -0.1) is 0 Å². The molecule has 1 atom stereocenters. The van der Waals surface area contributed by atoms with Crippen molar-refractivity contribution in [1.82, 2.24) is 10.6 Å². The van der Waals surface area contributed by atoms with Crippen LogP contribution in [0.2, 0.25) is 0 Å². The summed E-state index contributed by atoms with van der Waals surface area (Å²) in [5.74, 6) is 0. The summed E-state index contributed by atoms with van der Waals surface area (Å²) in [7, 11) is 0. The molecule has 2 aromatic carbocycles. The highest BCUT2D eigenvalue weighted by atomic mass is 14.9. The number of unbranched alkanes of at least 4 members (excludes halogenated alkanes) is 3. The van der Waals surface area contributed by atoms with E-state index in [0.717, 1.165) is 32.6 Å². The van der Waals surface area contributed by atoms with Gasteiger partial charge in [0.1, 0.15) is 0 Å². The molecule has 2 aromatic rings. The Hall–Kier alpha value is -1.42. The summed E-state index contributed by atoms with van der Waals surface area (Å²) in [5.41, 5.74) is 7.69. The van der Waals surface area contributed by atoms with Crippen LogP contribution in [0.5, 0.6) is 0 Å². The second-order valence-electron chi connectivity index (χ2n) is 6.88. The Morgan fingerprint density at radius 1 is 0.800 bits per heavy atom. The summed E-state index contributed by atoms with van der Waals surface area (Å²) in [4.78, 5) is 0. The van der Waals surface area contributed by atoms with Gasteiger partial charge in [-0.25, -0.2) is 0 Å². The van der Waals surface area contributed by atoms with Crippen molar-refractivity contribution in [1.29, 1.82) is 0 Å². The number of hydrogen-bond acceptors (Lipinski definition) is 3. The van der Waals surface area contributed by atoms with E-state index in [1.54, 1.807) is 0 Å². The third kappa shape index (κ3) is 7.15. The first-order chi connectivity index (χ1) is 12.3. The van der Waals surface area contributed by atoms with Gasteiger partial charge in [-0.05, 0) is 61.8 Å². The van der Waals surface area contributed by atoms with Gasteiger partial charge in [0.25, 0.3) is 0 Å². The van der Waals surface area contributed by atoms with Gasteiger partial charge in [0.05, 0.1) is 0 Å². The minimum Gasteiger partial charge on any atom is -0.324 e. The number of fused-ring (bicyclic) bond motifs is 1. The Kier molecular flexibility index (Phi) is 9.57. The van der Waals surface area contributed by atoms with Crippen LogP contribution in [0.4, 0.5) is 0 Å². The quantitative estimate of drug-likeness (QED) is 0.474. The number of nitrogens with two attached hydrogens (primary N) is 1. The molecule has 3 heteroatoms. The number of benzene rings is 2. The van der Waals surface area contributed by atoms with E-state index in [0.29, 0.717) is 0 Å². The highest BCUT2D eigenvalue weighted by Gasteiger charge is 2.08. The lowest BCUT2D eigenvalue weighted by Crippen LogP contribution is -2.25. The molecule has 0 spiro atoms. The molecule has 138 valence electrons. The Morgan fingerprint density at radius 3 is 2.36 bits per heavy atom. The van der Waals surface area contributed by atoms with Crippen LogP contribution in [0.25, 0.3) is 10.8 Å². The lowest BCUT2D eigenvalue weighted by atomic mass is 9.97. The van der Waals surface area contributed by atoms with E-state index in [1.165, 1.54) is 48.4 Å². The first-order valence-corrected chi connectivity index (χ1v) is 9.97. The van der Waals surface area contributed by atoms with Gasteiger partial charge in [0, 0.05) is 6.04 Å². The second-order valence-corrected chi connectivity index (χ2v) is 6.88. The summed E-state index contributed by atoms with van der Waals surface area (Å²) < 4.78 is 0. The van der Waals surface area contributed by atoms with Crippen LogP contribution < -0.4 is 16.4 Å². The summed E-state index contributed by atoms with van der Waals surface area (Å²) in [6.07, 6.45) is 7.48. The standard InChI is InChI=1S/C22H35N3/c1-2-3-4-7-15-24-16-9-17-25-18-14-22(23)21-13-8-11-19-10-5-6-12-20(19)21/h5-6,8,10-13,22,24-25H,2-4,7,9,14-18,23H2,1H3. The van der Waals surface area contributed by atoms with E-state index < -0.39 is 0 Å². The Morgan fingerprint density at radius 2 is 1.52 bits per heavy atom. The van der Waals surface area contributed by atoms with Gasteiger partial charge in [0.15, 0.2) is 0 Å². The molecule has 2 rings (SSSR count). The number of hydrogen-bond donors (Lipinski definition) is 3. The zero-order valence-electron chi connectivity index (χ0n) is 15.8. The molecular weight excluding hydrogens is 306 g/mol. The molecule has 0 aliphatic heterocycles. The predicted molar refractivity (Wildman–Crippen MR) is 110 cm³/mol. The van der Waals surface area contributed by atoms with Crippen molar-refractivity contribution >= 4 is 10.8 Å². The van der Waals surface area contributed by atoms with Gasteiger partial charge < -0.3 is 16.4 Å². The Labute approximate surface area is 153 Å². The molecule has 0 radical (unpaired) electrons. The van der Waals surface area contributed by atoms with E-state index in [1.807, 2.05) is 0 Å². The van der Waals surface area contributed by atoms with Gasteiger partial charge >= 0.3 is 0 Å². The van der Waals surface area contributed by atoms with Crippen LogP contribution in [0.3, 0.4) is 0 Å². The van der Waals surface area contributed by atoms with Crippen LogP contribution >= 0.6 is 0 Å². The van der Waals surface area contributed by atoms with Crippen molar-refractivity contribution in [3.8, 4) is 0 Å². The maximum absolute atomic E-state index is 6.43. The average molecular weight is 342 g/mol. The summed E-state index contributed by atoms with van der Waals surface area (Å²) in [6.45, 7) is 6.55. The molecule has 0 fully saturated rings. The zero-order chi connectivity index (χ0) is 17.7. The van der Waals surface area contributed by atoms with Crippen molar-refractivity contribution in [2.45, 2.75) is 51.5 Å². The lowest BCUT2D eigenvalue weighted by molar-refractivity contribution is 0.543. The van der Waals surface area contributed by atoms with Crippen LogP contribution in [0, 0.1) is 0 Å². The summed E-state index contributed by atoms with van der Waals surface area (Å²) in [5, 5.41) is 9.60. The average Bonchev–Trinajstić information content (AvgIpc) is 2.65. The molecule has 0 bridgehead atoms. The Balaban J connectivity index is 1.57. The lowest BCUT2D eigenvalue weighted by Gasteiger charge is -2.15. The van der Waals surface area contributed by atoms with Crippen LogP contribution in [-0.4, -0.2) is 26.2 Å². The third-order valence-electron chi connectivity index (χ3n) is 4.77. The van der Waals surface area contributed by atoms with Crippen LogP contribution in [0.15, 0.2) is 42.5 Å². The van der Waals surface area contributed by atoms with Gasteiger partial charge in [-0.2, -0.15) is 0 Å². The fourth-order valence-electron chi connectivity index (χ4n) is 3.25. The van der Waals surface area contributed by atoms with E-state index in [2.05, 4.69) is 60.0 Å². The molecule has 25 heavy (non-hydrogen) atoms. The van der Waals surface area contributed by atoms with Crippen molar-refractivity contribution in [2.75, 3.05) is 26.2 Å². The third-order valence-corrected chi connectivity index (χ3v) is 4.77. The van der Waals surface area contributed by atoms with Crippen molar-refractivity contribution in [3.05, 3.63) is 48.0 Å². The van der Waals surface area contributed by atoms with E-state index in [4.69, 9.17) is 5.73 Å². The minimum absolute atomic E-state index is 0.0929. The van der Waals surface area contributed by atoms with Crippen molar-refractivity contribution in [3.63, 3.8) is 0 Å². The molecule has 0 aliphatic rings. The molecule has 0 heterocycles. The summed E-state index contributed by atoms with van der Waals surface area (Å²) >= 11 is 0. The smallest absolute Gasteiger partial charge is 0.0313 e. The zero-order valence-corrected chi connectivity index (χ0v) is 15.8. The molecule has 0 aliphatic carbocycles. The van der Waals surface area contributed by atoms with Crippen molar-refractivity contribution < 1.29 is 0 Å². The van der Waals surface area contributed by atoms with Gasteiger partial charge in [0.2, 0.25) is 0 Å². The molecular formula is C22H35N3. The predicted octanol–water partition coefficient (Wildman–Crippen LogP) is 4.38. The maximum atomic E-state index is 6.43. The number of rotatable bonds is 13. The van der Waals surface area contributed by atoms with E-state index >= 15 is 0 Å². The van der Waals surface area contributed by atoms with E-state index in [-0.39, 0.29) is 6.04 Å². The molecule has 3 nitrogen and oxygen atoms in total. The molecule has 0 saturated heterocycles.